The van der Waals surface area contributed by atoms with Crippen molar-refractivity contribution in [3.63, 3.8) is 0 Å². The number of carbonyl (C=O) groups is 1. The van der Waals surface area contributed by atoms with Gasteiger partial charge in [0.1, 0.15) is 9.71 Å². The van der Waals surface area contributed by atoms with Gasteiger partial charge in [-0.15, -0.1) is 24.0 Å². The van der Waals surface area contributed by atoms with Crippen LogP contribution in [0.15, 0.2) is 47.5 Å². The van der Waals surface area contributed by atoms with Crippen molar-refractivity contribution in [1.29, 1.82) is 0 Å². The van der Waals surface area contributed by atoms with E-state index in [4.69, 9.17) is 0 Å². The van der Waals surface area contributed by atoms with Gasteiger partial charge in [0, 0.05) is 22.0 Å². The van der Waals surface area contributed by atoms with Crippen LogP contribution in [0.25, 0.3) is 21.3 Å². The Balaban J connectivity index is 2.34. The third kappa shape index (κ3) is 2.11. The summed E-state index contributed by atoms with van der Waals surface area (Å²) in [5, 5.41) is 10.2. The van der Waals surface area contributed by atoms with Crippen molar-refractivity contribution in [2.75, 3.05) is 0 Å². The second-order valence-electron chi connectivity index (χ2n) is 4.01. The number of rotatable bonds is 2. The Labute approximate surface area is 119 Å². The van der Waals surface area contributed by atoms with Crippen LogP contribution in [0.1, 0.15) is 9.67 Å². The average molecular weight is 287 g/mol. The third-order valence-electron chi connectivity index (χ3n) is 2.82. The highest BCUT2D eigenvalue weighted by atomic mass is 32.1. The zero-order chi connectivity index (χ0) is 13.4. The molecule has 0 aliphatic rings. The van der Waals surface area contributed by atoms with Gasteiger partial charge in [0.2, 0.25) is 0 Å². The van der Waals surface area contributed by atoms with Gasteiger partial charge in [-0.05, 0) is 29.8 Å². The minimum Gasteiger partial charge on any atom is -0.477 e. The number of hydrogen-bond donors (Lipinski definition) is 2. The smallest absolute Gasteiger partial charge is 0.346 e. The summed E-state index contributed by atoms with van der Waals surface area (Å²) < 4.78 is 0. The van der Waals surface area contributed by atoms with E-state index in [1.54, 1.807) is 6.20 Å². The van der Waals surface area contributed by atoms with Crippen molar-refractivity contribution < 1.29 is 9.90 Å². The summed E-state index contributed by atoms with van der Waals surface area (Å²) in [5.41, 5.74) is 1.60. The Bertz CT molecular complexity index is 763. The number of carboxylic acids is 1. The number of thiophene rings is 1. The second-order valence-corrected chi connectivity index (χ2v) is 5.53. The molecule has 0 fully saturated rings. The molecule has 0 radical (unpaired) electrons. The van der Waals surface area contributed by atoms with Crippen molar-refractivity contribution in [2.24, 2.45) is 0 Å². The topological polar surface area (TPSA) is 50.2 Å². The second kappa shape index (κ2) is 4.68. The molecule has 94 valence electrons. The van der Waals surface area contributed by atoms with Gasteiger partial charge < -0.3 is 5.11 Å². The SMILES string of the molecule is O=C(O)c1sc2ncccc2c1-c1ccc(S)cc1. The maximum absolute atomic E-state index is 11.4. The van der Waals surface area contributed by atoms with Crippen LogP contribution in [0.3, 0.4) is 0 Å². The summed E-state index contributed by atoms with van der Waals surface area (Å²) >= 11 is 5.44. The highest BCUT2D eigenvalue weighted by molar-refractivity contribution is 7.80. The molecule has 0 unspecified atom stereocenters. The molecule has 3 rings (SSSR count). The molecule has 0 aliphatic heterocycles. The molecule has 0 aliphatic carbocycles. The van der Waals surface area contributed by atoms with Gasteiger partial charge in [-0.2, -0.15) is 0 Å². The van der Waals surface area contributed by atoms with Crippen molar-refractivity contribution in [3.8, 4) is 11.1 Å². The van der Waals surface area contributed by atoms with Crippen LogP contribution >= 0.6 is 24.0 Å². The number of thiol groups is 1. The van der Waals surface area contributed by atoms with Crippen molar-refractivity contribution in [3.05, 3.63) is 47.5 Å². The first-order valence-electron chi connectivity index (χ1n) is 5.57. The molecule has 0 bridgehead atoms. The number of aromatic nitrogens is 1. The molecule has 2 heterocycles. The fourth-order valence-corrected chi connectivity index (χ4v) is 3.15. The van der Waals surface area contributed by atoms with E-state index in [-0.39, 0.29) is 0 Å². The zero-order valence-electron chi connectivity index (χ0n) is 9.70. The molecule has 2 aromatic heterocycles. The molecule has 1 aromatic carbocycles. The number of fused-ring (bicyclic) bond motifs is 1. The largest absolute Gasteiger partial charge is 0.477 e. The predicted octanol–water partition coefficient (Wildman–Crippen LogP) is 3.95. The summed E-state index contributed by atoms with van der Waals surface area (Å²) in [5.74, 6) is -0.923. The predicted molar refractivity (Wildman–Crippen MR) is 79.3 cm³/mol. The Morgan fingerprint density at radius 1 is 1.21 bits per heavy atom. The molecular formula is C14H9NO2S2. The first kappa shape index (κ1) is 12.2. The summed E-state index contributed by atoms with van der Waals surface area (Å²) in [6, 6.07) is 11.2. The highest BCUT2D eigenvalue weighted by Gasteiger charge is 2.19. The molecule has 0 saturated heterocycles. The van der Waals surface area contributed by atoms with Crippen LogP contribution in [0.5, 0.6) is 0 Å². The molecule has 5 heteroatoms. The van der Waals surface area contributed by atoms with E-state index in [9.17, 15) is 9.90 Å². The van der Waals surface area contributed by atoms with Gasteiger partial charge in [-0.25, -0.2) is 9.78 Å². The first-order valence-corrected chi connectivity index (χ1v) is 6.83. The highest BCUT2D eigenvalue weighted by Crippen LogP contribution is 2.37. The van der Waals surface area contributed by atoms with E-state index < -0.39 is 5.97 Å². The molecule has 3 nitrogen and oxygen atoms in total. The first-order chi connectivity index (χ1) is 9.16. The van der Waals surface area contributed by atoms with E-state index in [0.717, 1.165) is 26.2 Å². The van der Waals surface area contributed by atoms with Crippen LogP contribution < -0.4 is 0 Å². The van der Waals surface area contributed by atoms with E-state index in [0.29, 0.717) is 4.88 Å². The minimum absolute atomic E-state index is 0.320. The number of benzene rings is 1. The maximum Gasteiger partial charge on any atom is 0.346 e. The standard InChI is InChI=1S/C14H9NO2S2/c16-14(17)12-11(8-3-5-9(18)6-4-8)10-2-1-7-15-13(10)19-12/h1-7,18H,(H,16,17). The van der Waals surface area contributed by atoms with E-state index in [2.05, 4.69) is 17.6 Å². The Hall–Kier alpha value is -1.85. The lowest BCUT2D eigenvalue weighted by Crippen LogP contribution is -1.94. The molecule has 3 aromatic rings. The van der Waals surface area contributed by atoms with E-state index in [1.165, 1.54) is 11.3 Å². The molecule has 19 heavy (non-hydrogen) atoms. The van der Waals surface area contributed by atoms with Crippen molar-refractivity contribution in [2.45, 2.75) is 4.90 Å². The lowest BCUT2D eigenvalue weighted by molar-refractivity contribution is 0.0703. The lowest BCUT2D eigenvalue weighted by atomic mass is 10.0. The molecule has 0 spiro atoms. The van der Waals surface area contributed by atoms with Gasteiger partial charge >= 0.3 is 5.97 Å². The molecule has 0 amide bonds. The molecular weight excluding hydrogens is 278 g/mol. The van der Waals surface area contributed by atoms with Gasteiger partial charge in [-0.3, -0.25) is 0 Å². The zero-order valence-corrected chi connectivity index (χ0v) is 11.4. The third-order valence-corrected chi connectivity index (χ3v) is 4.22. The fourth-order valence-electron chi connectivity index (χ4n) is 2.00. The quantitative estimate of drug-likeness (QED) is 0.702. The van der Waals surface area contributed by atoms with Crippen LogP contribution in [0.4, 0.5) is 0 Å². The maximum atomic E-state index is 11.4. The molecule has 0 saturated carbocycles. The fraction of sp³-hybridized carbons (Fsp3) is 0. The number of pyridine rings is 1. The molecule has 0 atom stereocenters. The number of nitrogens with zero attached hydrogens (tertiary/aromatic N) is 1. The summed E-state index contributed by atoms with van der Waals surface area (Å²) in [6.07, 6.45) is 1.67. The lowest BCUT2D eigenvalue weighted by Gasteiger charge is -2.02. The van der Waals surface area contributed by atoms with Gasteiger partial charge in [0.05, 0.1) is 0 Å². The summed E-state index contributed by atoms with van der Waals surface area (Å²) in [6.45, 7) is 0. The van der Waals surface area contributed by atoms with Crippen LogP contribution in [-0.4, -0.2) is 16.1 Å². The van der Waals surface area contributed by atoms with Gasteiger partial charge in [0.15, 0.2) is 0 Å². The van der Waals surface area contributed by atoms with Crippen LogP contribution in [0.2, 0.25) is 0 Å². The van der Waals surface area contributed by atoms with Gasteiger partial charge in [0.25, 0.3) is 0 Å². The molecule has 1 N–H and O–H groups in total. The van der Waals surface area contributed by atoms with Crippen molar-refractivity contribution in [1.82, 2.24) is 4.98 Å². The van der Waals surface area contributed by atoms with E-state index >= 15 is 0 Å². The minimum atomic E-state index is -0.923. The summed E-state index contributed by atoms with van der Waals surface area (Å²) in [7, 11) is 0. The average Bonchev–Trinajstić information content (AvgIpc) is 2.79. The Morgan fingerprint density at radius 3 is 2.63 bits per heavy atom. The Kier molecular flexibility index (Phi) is 3.00. The summed E-state index contributed by atoms with van der Waals surface area (Å²) in [4.78, 5) is 17.5. The number of hydrogen-bond acceptors (Lipinski definition) is 4. The number of aromatic carboxylic acids is 1. The monoisotopic (exact) mass is 287 g/mol. The van der Waals surface area contributed by atoms with Crippen molar-refractivity contribution >= 4 is 40.2 Å². The normalized spacial score (nSPS) is 10.8. The number of carboxylic acid groups (broad SMARTS) is 1. The van der Waals surface area contributed by atoms with Crippen LogP contribution in [0, 0.1) is 0 Å². The Morgan fingerprint density at radius 2 is 1.95 bits per heavy atom. The van der Waals surface area contributed by atoms with Crippen LogP contribution in [-0.2, 0) is 0 Å². The van der Waals surface area contributed by atoms with Gasteiger partial charge in [-0.1, -0.05) is 12.1 Å². The van der Waals surface area contributed by atoms with E-state index in [1.807, 2.05) is 36.4 Å².